The molecule has 1 aromatic heterocycles. The number of halogens is 2. The van der Waals surface area contributed by atoms with E-state index in [1.54, 1.807) is 43.5 Å². The van der Waals surface area contributed by atoms with Crippen LogP contribution in [-0.2, 0) is 19.1 Å². The molecule has 2 saturated heterocycles. The summed E-state index contributed by atoms with van der Waals surface area (Å²) in [5, 5.41) is 19.7. The molecule has 0 aliphatic carbocycles. The number of carbonyl (C=O) groups is 5. The summed E-state index contributed by atoms with van der Waals surface area (Å²) in [7, 11) is 3.05. The highest BCUT2D eigenvalue weighted by molar-refractivity contribution is 6.37. The van der Waals surface area contributed by atoms with Gasteiger partial charge in [0.25, 0.3) is 11.8 Å². The van der Waals surface area contributed by atoms with Crippen molar-refractivity contribution in [1.82, 2.24) is 25.0 Å². The van der Waals surface area contributed by atoms with E-state index in [1.807, 2.05) is 0 Å². The van der Waals surface area contributed by atoms with Crippen molar-refractivity contribution >= 4 is 80.8 Å². The second-order valence-electron chi connectivity index (χ2n) is 14.7. The maximum atomic E-state index is 13.3. The molecular formula is C43H44Cl2N8O9. The van der Waals surface area contributed by atoms with Crippen molar-refractivity contribution in [2.24, 2.45) is 0 Å². The van der Waals surface area contributed by atoms with Crippen LogP contribution in [-0.4, -0.2) is 129 Å². The molecule has 3 aliphatic heterocycles. The molecule has 0 bridgehead atoms. The molecule has 4 amide bonds. The first-order valence-corrected chi connectivity index (χ1v) is 20.8. The fraction of sp³-hybridized carbons (Fsp3) is 0.372. The van der Waals surface area contributed by atoms with Gasteiger partial charge in [0.15, 0.2) is 11.5 Å². The van der Waals surface area contributed by atoms with E-state index < -0.39 is 29.7 Å². The van der Waals surface area contributed by atoms with Crippen molar-refractivity contribution in [3.8, 4) is 23.3 Å². The number of nitrogens with one attached hydrogen (secondary N) is 3. The van der Waals surface area contributed by atoms with Crippen LogP contribution < -0.4 is 30.2 Å². The Bertz CT molecular complexity index is 2450. The molecule has 1 atom stereocenters. The van der Waals surface area contributed by atoms with Gasteiger partial charge in [0.05, 0.1) is 70.9 Å². The number of pyridine rings is 1. The van der Waals surface area contributed by atoms with Gasteiger partial charge in [-0.05, 0) is 37.1 Å². The average molecular weight is 888 g/mol. The van der Waals surface area contributed by atoms with Crippen molar-refractivity contribution in [2.75, 3.05) is 83.9 Å². The quantitative estimate of drug-likeness (QED) is 0.0725. The minimum atomic E-state index is -1.06. The predicted octanol–water partition coefficient (Wildman–Crippen LogP) is 5.01. The number of rotatable bonds is 17. The van der Waals surface area contributed by atoms with Gasteiger partial charge in [-0.3, -0.25) is 39.2 Å². The second-order valence-corrected chi connectivity index (χ2v) is 15.5. The minimum absolute atomic E-state index is 0.0350. The molecular weight excluding hydrogens is 843 g/mol. The third kappa shape index (κ3) is 9.63. The third-order valence-corrected chi connectivity index (χ3v) is 11.5. The summed E-state index contributed by atoms with van der Waals surface area (Å²) in [5.41, 5.74) is 2.59. The van der Waals surface area contributed by atoms with E-state index in [9.17, 15) is 29.2 Å². The van der Waals surface area contributed by atoms with Crippen molar-refractivity contribution in [3.63, 3.8) is 0 Å². The monoisotopic (exact) mass is 886 g/mol. The molecule has 4 aromatic rings. The molecule has 7 rings (SSSR count). The molecule has 0 spiro atoms. The number of carbonyl (C=O) groups excluding carboxylic acids is 5. The maximum Gasteiger partial charge on any atom is 0.307 e. The number of amides is 4. The Balaban J connectivity index is 0.822. The number of aromatic nitrogens is 1. The third-order valence-electron chi connectivity index (χ3n) is 10.9. The van der Waals surface area contributed by atoms with Crippen LogP contribution >= 0.6 is 23.2 Å². The fourth-order valence-electron chi connectivity index (χ4n) is 7.65. The summed E-state index contributed by atoms with van der Waals surface area (Å²) in [6.45, 7) is 5.36. The summed E-state index contributed by atoms with van der Waals surface area (Å²) in [6.07, 6.45) is 2.58. The lowest BCUT2D eigenvalue weighted by Gasteiger charge is -2.34. The van der Waals surface area contributed by atoms with E-state index in [-0.39, 0.29) is 49.5 Å². The van der Waals surface area contributed by atoms with E-state index >= 15 is 0 Å². The van der Waals surface area contributed by atoms with Crippen molar-refractivity contribution in [2.45, 2.75) is 31.7 Å². The number of piperazine rings is 1. The average Bonchev–Trinajstić information content (AvgIpc) is 3.52. The SMILES string of the molecule is COc1cc(Nc2c(C#N)cnc3cc(OCCCN4CCN(CCC(=O)OCCNc5cccc6c5C(=O)N(C5CCC(=O)NC5=O)C6=O)CC4)c(OC)cc23)c(Cl)cc1Cl. The number of esters is 1. The van der Waals surface area contributed by atoms with Gasteiger partial charge in [0.2, 0.25) is 11.8 Å². The van der Waals surface area contributed by atoms with Crippen molar-refractivity contribution in [3.05, 3.63) is 75.4 Å². The van der Waals surface area contributed by atoms with Crippen LogP contribution in [0.1, 0.15) is 52.0 Å². The van der Waals surface area contributed by atoms with Gasteiger partial charge >= 0.3 is 5.97 Å². The van der Waals surface area contributed by atoms with Gasteiger partial charge in [-0.2, -0.15) is 5.26 Å². The number of imide groups is 2. The first-order chi connectivity index (χ1) is 30.0. The van der Waals surface area contributed by atoms with Gasteiger partial charge in [0.1, 0.15) is 24.5 Å². The molecule has 3 aromatic carbocycles. The molecule has 1 unspecified atom stereocenters. The fourth-order valence-corrected chi connectivity index (χ4v) is 8.16. The lowest BCUT2D eigenvalue weighted by atomic mass is 10.0. The van der Waals surface area contributed by atoms with E-state index in [0.29, 0.717) is 74.0 Å². The van der Waals surface area contributed by atoms with Gasteiger partial charge < -0.3 is 39.4 Å². The number of nitriles is 1. The Morgan fingerprint density at radius 3 is 2.40 bits per heavy atom. The van der Waals surface area contributed by atoms with E-state index in [2.05, 4.69) is 36.8 Å². The minimum Gasteiger partial charge on any atom is -0.495 e. The number of benzene rings is 3. The van der Waals surface area contributed by atoms with Crippen LogP contribution in [0, 0.1) is 11.3 Å². The number of methoxy groups -OCH3 is 2. The topological polar surface area (TPSA) is 205 Å². The zero-order valence-electron chi connectivity index (χ0n) is 34.1. The predicted molar refractivity (Wildman–Crippen MR) is 229 cm³/mol. The number of anilines is 3. The Kier molecular flexibility index (Phi) is 13.9. The number of fused-ring (bicyclic) bond motifs is 2. The summed E-state index contributed by atoms with van der Waals surface area (Å²) in [4.78, 5) is 72.9. The number of piperidine rings is 1. The molecule has 19 heteroatoms. The zero-order valence-corrected chi connectivity index (χ0v) is 35.6. The Morgan fingerprint density at radius 1 is 0.919 bits per heavy atom. The number of hydrogen-bond donors (Lipinski definition) is 3. The summed E-state index contributed by atoms with van der Waals surface area (Å²) < 4.78 is 22.6. The maximum absolute atomic E-state index is 13.3. The van der Waals surface area contributed by atoms with E-state index in [1.165, 1.54) is 19.4 Å². The van der Waals surface area contributed by atoms with Gasteiger partial charge in [-0.1, -0.05) is 29.3 Å². The lowest BCUT2D eigenvalue weighted by molar-refractivity contribution is -0.143. The summed E-state index contributed by atoms with van der Waals surface area (Å²) >= 11 is 12.7. The van der Waals surface area contributed by atoms with Gasteiger partial charge in [0, 0.05) is 81.6 Å². The zero-order chi connectivity index (χ0) is 43.9. The summed E-state index contributed by atoms with van der Waals surface area (Å²) in [6, 6.07) is 12.7. The van der Waals surface area contributed by atoms with Crippen LogP contribution in [0.2, 0.25) is 10.0 Å². The van der Waals surface area contributed by atoms with Crippen LogP contribution in [0.4, 0.5) is 17.1 Å². The van der Waals surface area contributed by atoms with Crippen molar-refractivity contribution in [1.29, 1.82) is 5.26 Å². The van der Waals surface area contributed by atoms with Crippen molar-refractivity contribution < 1.29 is 42.9 Å². The lowest BCUT2D eigenvalue weighted by Crippen LogP contribution is -2.54. The highest BCUT2D eigenvalue weighted by atomic mass is 35.5. The Labute approximate surface area is 367 Å². The molecule has 2 fully saturated rings. The first-order valence-electron chi connectivity index (χ1n) is 20.0. The molecule has 3 N–H and O–H groups in total. The molecule has 3 aliphatic rings. The van der Waals surface area contributed by atoms with Gasteiger partial charge in [-0.15, -0.1) is 0 Å². The van der Waals surface area contributed by atoms with E-state index in [4.69, 9.17) is 42.1 Å². The Hall–Kier alpha value is -6.19. The van der Waals surface area contributed by atoms with E-state index in [0.717, 1.165) is 44.0 Å². The van der Waals surface area contributed by atoms with Gasteiger partial charge in [-0.25, -0.2) is 0 Å². The molecule has 0 radical (unpaired) electrons. The standard InChI is InChI=1S/C43H44Cl2N8O9/c1-59-34-22-32(28(44)20-29(34)45)49-40-25(23-46)24-48-31-21-36(35(60-2)19-27(31)40)61-17-4-11-51-13-15-52(16-14-51)12-9-38(55)62-18-10-47-30-6-3-5-26-39(30)43(58)53(42(26)57)33-7-8-37(54)50-41(33)56/h3,5-6,19-22,24,33,47H,4,7-18H2,1-2H3,(H,48,49)(H,50,54,56). The van der Waals surface area contributed by atoms with Crippen LogP contribution in [0.3, 0.4) is 0 Å². The van der Waals surface area contributed by atoms with Crippen LogP contribution in [0.15, 0.2) is 48.7 Å². The number of hydrogen-bond acceptors (Lipinski definition) is 15. The normalized spacial score (nSPS) is 16.8. The summed E-state index contributed by atoms with van der Waals surface area (Å²) in [5.74, 6) is -1.23. The van der Waals surface area contributed by atoms with Crippen LogP contribution in [0.25, 0.3) is 10.9 Å². The molecule has 17 nitrogen and oxygen atoms in total. The molecule has 324 valence electrons. The Morgan fingerprint density at radius 2 is 1.68 bits per heavy atom. The number of ether oxygens (including phenoxy) is 4. The smallest absolute Gasteiger partial charge is 0.307 e. The highest BCUT2D eigenvalue weighted by Gasteiger charge is 2.45. The second kappa shape index (κ2) is 19.7. The molecule has 62 heavy (non-hydrogen) atoms. The first kappa shape index (κ1) is 43.9. The highest BCUT2D eigenvalue weighted by Crippen LogP contribution is 2.40. The largest absolute Gasteiger partial charge is 0.495 e. The van der Waals surface area contributed by atoms with Crippen LogP contribution in [0.5, 0.6) is 17.2 Å². The molecule has 4 heterocycles. The number of nitrogens with zero attached hydrogens (tertiary/aromatic N) is 5. The molecule has 0 saturated carbocycles.